The van der Waals surface area contributed by atoms with Gasteiger partial charge in [0.25, 0.3) is 0 Å². The van der Waals surface area contributed by atoms with Crippen LogP contribution in [0.2, 0.25) is 0 Å². The van der Waals surface area contributed by atoms with Crippen LogP contribution in [0.15, 0.2) is 43.5 Å². The molecule has 0 atom stereocenters. The third-order valence-electron chi connectivity index (χ3n) is 2.48. The fourth-order valence-electron chi connectivity index (χ4n) is 1.50. The van der Waals surface area contributed by atoms with E-state index in [1.165, 1.54) is 7.11 Å². The number of halogens is 3. The lowest BCUT2D eigenvalue weighted by atomic mass is 10.1. The molecular weight excluding hydrogens is 460 g/mol. The number of rotatable bonds is 3. The van der Waals surface area contributed by atoms with Crippen LogP contribution in [0.4, 0.5) is 0 Å². The summed E-state index contributed by atoms with van der Waals surface area (Å²) in [6, 6.07) is 6.85. The first-order valence-corrected chi connectivity index (χ1v) is 7.70. The average molecular weight is 467 g/mol. The summed E-state index contributed by atoms with van der Waals surface area (Å²) in [5.41, 5.74) is 0. The van der Waals surface area contributed by atoms with E-state index in [1.807, 2.05) is 0 Å². The maximum atomic E-state index is 12.2. The smallest absolute Gasteiger partial charge is 0.237 e. The Kier molecular flexibility index (Phi) is 4.82. The van der Waals surface area contributed by atoms with Gasteiger partial charge in [-0.25, -0.2) is 0 Å². The molecule has 0 radical (unpaired) electrons. The van der Waals surface area contributed by atoms with Crippen molar-refractivity contribution < 1.29 is 19.1 Å². The van der Waals surface area contributed by atoms with Crippen molar-refractivity contribution in [2.75, 3.05) is 7.11 Å². The lowest BCUT2D eigenvalue weighted by Gasteiger charge is -2.17. The van der Waals surface area contributed by atoms with Crippen LogP contribution in [0.1, 0.15) is 0 Å². The van der Waals surface area contributed by atoms with Gasteiger partial charge in [-0.15, -0.1) is 0 Å². The topological polar surface area (TPSA) is 52.6 Å². The Hall–Kier alpha value is -0.920. The Morgan fingerprint density at radius 3 is 2.00 bits per heavy atom. The highest BCUT2D eigenvalue weighted by Crippen LogP contribution is 2.37. The number of hydrogen-bond acceptors (Lipinski definition) is 4. The van der Waals surface area contributed by atoms with Crippen LogP contribution in [-0.2, 0) is 9.59 Å². The molecule has 0 bridgehead atoms. The first kappa shape index (κ1) is 15.5. The second kappa shape index (κ2) is 6.24. The van der Waals surface area contributed by atoms with Gasteiger partial charge in [-0.1, -0.05) is 12.1 Å². The second-order valence-electron chi connectivity index (χ2n) is 3.68. The molecule has 0 saturated carbocycles. The molecular formula is C13H7Br3O4. The van der Waals surface area contributed by atoms with Gasteiger partial charge in [-0.3, -0.25) is 9.59 Å². The van der Waals surface area contributed by atoms with Crippen LogP contribution in [0.25, 0.3) is 0 Å². The van der Waals surface area contributed by atoms with E-state index in [0.717, 1.165) is 0 Å². The van der Waals surface area contributed by atoms with Crippen LogP contribution in [0.5, 0.6) is 11.5 Å². The quantitative estimate of drug-likeness (QED) is 0.635. The predicted molar refractivity (Wildman–Crippen MR) is 84.5 cm³/mol. The van der Waals surface area contributed by atoms with Gasteiger partial charge in [0, 0.05) is 0 Å². The Labute approximate surface area is 140 Å². The molecule has 0 heterocycles. The number of hydrogen-bond donors (Lipinski definition) is 0. The van der Waals surface area contributed by atoms with Crippen molar-refractivity contribution in [3.8, 4) is 11.5 Å². The fraction of sp³-hybridized carbons (Fsp3) is 0.0769. The van der Waals surface area contributed by atoms with Crippen LogP contribution >= 0.6 is 47.8 Å². The molecule has 0 saturated heterocycles. The largest absolute Gasteiger partial charge is 0.493 e. The summed E-state index contributed by atoms with van der Waals surface area (Å²) in [6.07, 6.45) is 0. The van der Waals surface area contributed by atoms with E-state index in [2.05, 4.69) is 47.8 Å². The Bertz CT molecular complexity index is 661. The normalized spacial score (nSPS) is 15.8. The molecule has 0 amide bonds. The molecule has 104 valence electrons. The molecule has 1 aliphatic rings. The first-order chi connectivity index (χ1) is 9.47. The maximum Gasteiger partial charge on any atom is 0.237 e. The van der Waals surface area contributed by atoms with Gasteiger partial charge in [0.15, 0.2) is 17.3 Å². The van der Waals surface area contributed by atoms with Crippen LogP contribution in [0.3, 0.4) is 0 Å². The monoisotopic (exact) mass is 464 g/mol. The average Bonchev–Trinajstić information content (AvgIpc) is 2.48. The van der Waals surface area contributed by atoms with E-state index in [-0.39, 0.29) is 25.0 Å². The minimum Gasteiger partial charge on any atom is -0.493 e. The van der Waals surface area contributed by atoms with E-state index in [9.17, 15) is 9.59 Å². The zero-order chi connectivity index (χ0) is 14.9. The molecule has 4 nitrogen and oxygen atoms in total. The number of carbonyl (C=O) groups is 2. The van der Waals surface area contributed by atoms with Gasteiger partial charge < -0.3 is 9.47 Å². The molecule has 1 aromatic carbocycles. The lowest BCUT2D eigenvalue weighted by molar-refractivity contribution is -0.116. The number of allylic oxidation sites excluding steroid dienone is 3. The molecule has 0 unspecified atom stereocenters. The van der Waals surface area contributed by atoms with Crippen molar-refractivity contribution in [1.82, 2.24) is 0 Å². The number of Topliss-reactive ketones (excluding diaryl/α,β-unsaturated/α-hetero) is 2. The SMILES string of the molecule is COc1ccccc1OC1=C(Br)C(=O)C(Br)=C(Br)C1=O. The number of benzene rings is 1. The van der Waals surface area contributed by atoms with Crippen molar-refractivity contribution in [1.29, 1.82) is 0 Å². The molecule has 0 fully saturated rings. The molecule has 2 rings (SSSR count). The number of carbonyl (C=O) groups excluding carboxylic acids is 2. The summed E-state index contributed by atoms with van der Waals surface area (Å²) < 4.78 is 11.0. The molecule has 0 aromatic heterocycles. The Morgan fingerprint density at radius 1 is 0.850 bits per heavy atom. The van der Waals surface area contributed by atoms with Gasteiger partial charge in [0.2, 0.25) is 11.6 Å². The minimum absolute atomic E-state index is 0.0588. The summed E-state index contributed by atoms with van der Waals surface area (Å²) in [6.45, 7) is 0. The van der Waals surface area contributed by atoms with Crippen LogP contribution in [-0.4, -0.2) is 18.7 Å². The van der Waals surface area contributed by atoms with E-state index in [4.69, 9.17) is 9.47 Å². The van der Waals surface area contributed by atoms with Gasteiger partial charge >= 0.3 is 0 Å². The molecule has 1 aliphatic carbocycles. The van der Waals surface area contributed by atoms with Crippen LogP contribution in [0, 0.1) is 0 Å². The van der Waals surface area contributed by atoms with E-state index in [0.29, 0.717) is 11.5 Å². The molecule has 1 aromatic rings. The van der Waals surface area contributed by atoms with Gasteiger partial charge in [-0.05, 0) is 59.9 Å². The Balaban J connectivity index is 2.43. The van der Waals surface area contributed by atoms with Gasteiger partial charge in [-0.2, -0.15) is 0 Å². The summed E-state index contributed by atoms with van der Waals surface area (Å²) in [4.78, 5) is 24.1. The number of ketones is 2. The summed E-state index contributed by atoms with van der Waals surface area (Å²) >= 11 is 9.22. The van der Waals surface area contributed by atoms with E-state index in [1.54, 1.807) is 24.3 Å². The van der Waals surface area contributed by atoms with Crippen molar-refractivity contribution in [3.05, 3.63) is 43.5 Å². The highest BCUT2D eigenvalue weighted by Gasteiger charge is 2.33. The number of methoxy groups -OCH3 is 1. The molecule has 7 heteroatoms. The van der Waals surface area contributed by atoms with Crippen molar-refractivity contribution >= 4 is 59.4 Å². The molecule has 0 N–H and O–H groups in total. The minimum atomic E-state index is -0.436. The summed E-state index contributed by atoms with van der Waals surface area (Å²) in [7, 11) is 1.49. The van der Waals surface area contributed by atoms with Gasteiger partial charge in [0.05, 0.1) is 16.1 Å². The second-order valence-corrected chi connectivity index (χ2v) is 6.06. The predicted octanol–water partition coefficient (Wildman–Crippen LogP) is 3.83. The molecule has 0 spiro atoms. The van der Waals surface area contributed by atoms with E-state index >= 15 is 0 Å². The van der Waals surface area contributed by atoms with Crippen molar-refractivity contribution in [2.24, 2.45) is 0 Å². The zero-order valence-electron chi connectivity index (χ0n) is 10.1. The lowest BCUT2D eigenvalue weighted by Crippen LogP contribution is -2.21. The molecule has 0 aliphatic heterocycles. The maximum absolute atomic E-state index is 12.2. The molecule has 20 heavy (non-hydrogen) atoms. The first-order valence-electron chi connectivity index (χ1n) is 5.32. The van der Waals surface area contributed by atoms with Crippen molar-refractivity contribution in [3.63, 3.8) is 0 Å². The third-order valence-corrected chi connectivity index (χ3v) is 5.24. The number of ether oxygens (including phenoxy) is 2. The Morgan fingerprint density at radius 2 is 1.40 bits per heavy atom. The summed E-state index contributed by atoms with van der Waals surface area (Å²) in [5, 5.41) is 0. The standard InChI is InChI=1S/C13H7Br3O4/c1-19-6-4-2-3-5-7(6)20-13-10(16)11(17)8(14)9(15)12(13)18/h2-5H,1H3. The highest BCUT2D eigenvalue weighted by molar-refractivity contribution is 9.15. The van der Waals surface area contributed by atoms with E-state index < -0.39 is 5.78 Å². The summed E-state index contributed by atoms with van der Waals surface area (Å²) in [5.74, 6) is -0.0862. The highest BCUT2D eigenvalue weighted by atomic mass is 79.9. The van der Waals surface area contributed by atoms with Crippen LogP contribution < -0.4 is 9.47 Å². The number of para-hydroxylation sites is 2. The zero-order valence-corrected chi connectivity index (χ0v) is 14.8. The van der Waals surface area contributed by atoms with Crippen molar-refractivity contribution in [2.45, 2.75) is 0 Å². The fourth-order valence-corrected chi connectivity index (χ4v) is 2.97. The van der Waals surface area contributed by atoms with Gasteiger partial charge in [0.1, 0.15) is 4.48 Å². The third kappa shape index (κ3) is 2.75.